The van der Waals surface area contributed by atoms with Crippen LogP contribution in [0.3, 0.4) is 0 Å². The van der Waals surface area contributed by atoms with Gasteiger partial charge in [-0.05, 0) is 81.1 Å². The van der Waals surface area contributed by atoms with E-state index in [-0.39, 0.29) is 36.1 Å². The fraction of sp³-hybridized carbons (Fsp3) is 0.420. The zero-order valence-electron chi connectivity index (χ0n) is 37.5. The minimum atomic E-state index is -0.808. The average molecular weight is 877 g/mol. The van der Waals surface area contributed by atoms with E-state index < -0.39 is 6.04 Å². The highest BCUT2D eigenvalue weighted by Crippen LogP contribution is 2.35. The highest BCUT2D eigenvalue weighted by Gasteiger charge is 2.38. The lowest BCUT2D eigenvalue weighted by Gasteiger charge is -2.35. The monoisotopic (exact) mass is 876 g/mol. The Labute approximate surface area is 381 Å². The van der Waals surface area contributed by atoms with Crippen molar-refractivity contribution in [3.63, 3.8) is 0 Å². The second-order valence-electron chi connectivity index (χ2n) is 17.8. The number of nitrogens with one attached hydrogen (secondary N) is 4. The molecule has 15 heteroatoms. The molecule has 0 bridgehead atoms. The van der Waals surface area contributed by atoms with Gasteiger partial charge < -0.3 is 45.1 Å². The molecule has 15 nitrogen and oxygen atoms in total. The molecule has 4 N–H and O–H groups in total. The topological polar surface area (TPSA) is 152 Å². The summed E-state index contributed by atoms with van der Waals surface area (Å²) in [6.45, 7) is 8.26. The SMILES string of the molecule is CN1CCN(C(=O)NC(CN2CCCC2c2ncc(-c3ccc(C#Cc4cnc(C5CCCN5C(=O)C(NC(=O)N5CCN(C)CC5)c5ccccc5)[nH]4)cc3)[nH]2)c2ccccc2)CC1. The molecule has 5 amide bonds. The molecule has 9 rings (SSSR count). The third-order valence-electron chi connectivity index (χ3n) is 13.4. The number of aromatic amines is 2. The molecule has 6 heterocycles. The molecule has 2 aromatic heterocycles. The maximum absolute atomic E-state index is 14.3. The molecule has 0 aliphatic carbocycles. The first-order valence-electron chi connectivity index (χ1n) is 23.1. The number of hydrogen-bond donors (Lipinski definition) is 4. The van der Waals surface area contributed by atoms with Gasteiger partial charge in [-0.25, -0.2) is 19.6 Å². The Morgan fingerprint density at radius 2 is 1.23 bits per heavy atom. The molecule has 4 saturated heterocycles. The van der Waals surface area contributed by atoms with Crippen LogP contribution in [0.5, 0.6) is 0 Å². The first kappa shape index (κ1) is 43.8. The molecule has 4 atom stereocenters. The van der Waals surface area contributed by atoms with Crippen LogP contribution in [0.4, 0.5) is 9.59 Å². The van der Waals surface area contributed by atoms with Gasteiger partial charge >= 0.3 is 12.1 Å². The summed E-state index contributed by atoms with van der Waals surface area (Å²) in [6, 6.07) is 26.6. The molecule has 3 aromatic carbocycles. The number of hydrogen-bond acceptors (Lipinski definition) is 8. The standard InChI is InChI=1S/C50H60N12O3/c1-57-25-29-59(30-26-57)49(64)55-42(37-11-5-3-6-12-37)35-61-23-9-15-43(61)46-52-34-41(54-46)38-20-17-36(18-21-38)19-22-40-33-51-47(53-40)44-16-10-24-62(44)48(63)45(39-13-7-4-8-14-39)56-50(65)60-31-27-58(2)28-32-60/h3-8,11-14,17-18,20-21,33-34,42-45H,9-10,15-16,23-32,35H2,1-2H3,(H,51,53)(H,52,54)(H,55,64)(H,56,65). The van der Waals surface area contributed by atoms with Crippen LogP contribution in [-0.2, 0) is 4.79 Å². The summed E-state index contributed by atoms with van der Waals surface area (Å²) in [4.78, 5) is 70.2. The first-order valence-corrected chi connectivity index (χ1v) is 23.1. The van der Waals surface area contributed by atoms with Crippen molar-refractivity contribution < 1.29 is 14.4 Å². The minimum absolute atomic E-state index is 0.00675. The number of benzene rings is 3. The largest absolute Gasteiger partial charge is 0.341 e. The number of likely N-dealkylation sites (N-methyl/N-ethyl adjacent to an activating group) is 2. The van der Waals surface area contributed by atoms with Gasteiger partial charge in [0, 0.05) is 71.0 Å². The van der Waals surface area contributed by atoms with Crippen molar-refractivity contribution in [2.45, 2.75) is 49.9 Å². The molecule has 338 valence electrons. The number of urea groups is 2. The van der Waals surface area contributed by atoms with Gasteiger partial charge in [0.1, 0.15) is 23.4 Å². The van der Waals surface area contributed by atoms with Crippen molar-refractivity contribution in [2.24, 2.45) is 0 Å². The van der Waals surface area contributed by atoms with Crippen molar-refractivity contribution in [3.05, 3.63) is 131 Å². The molecular weight excluding hydrogens is 817 g/mol. The Balaban J connectivity index is 0.831. The maximum atomic E-state index is 14.3. The lowest BCUT2D eigenvalue weighted by molar-refractivity contribution is -0.134. The highest BCUT2D eigenvalue weighted by molar-refractivity contribution is 5.88. The number of piperazine rings is 2. The fourth-order valence-corrected chi connectivity index (χ4v) is 9.49. The van der Waals surface area contributed by atoms with Crippen LogP contribution >= 0.6 is 0 Å². The molecule has 5 aromatic rings. The number of amides is 5. The maximum Gasteiger partial charge on any atom is 0.318 e. The zero-order chi connectivity index (χ0) is 44.7. The Morgan fingerprint density at radius 3 is 1.91 bits per heavy atom. The molecule has 4 aliphatic heterocycles. The molecule has 0 spiro atoms. The lowest BCUT2D eigenvalue weighted by Crippen LogP contribution is -2.53. The number of carbonyl (C=O) groups is 3. The molecule has 65 heavy (non-hydrogen) atoms. The van der Waals surface area contributed by atoms with Crippen LogP contribution in [-0.4, -0.2) is 153 Å². The van der Waals surface area contributed by atoms with Gasteiger partial charge in [0.25, 0.3) is 0 Å². The molecule has 0 radical (unpaired) electrons. The van der Waals surface area contributed by atoms with E-state index in [1.807, 2.05) is 83.7 Å². The number of likely N-dealkylation sites (tertiary alicyclic amines) is 2. The third kappa shape index (κ3) is 10.4. The summed E-state index contributed by atoms with van der Waals surface area (Å²) in [6.07, 6.45) is 7.28. The van der Waals surface area contributed by atoms with Gasteiger partial charge in [0.15, 0.2) is 0 Å². The van der Waals surface area contributed by atoms with E-state index in [0.29, 0.717) is 37.7 Å². The van der Waals surface area contributed by atoms with E-state index in [1.54, 1.807) is 11.1 Å². The Bertz CT molecular complexity index is 2450. The van der Waals surface area contributed by atoms with Crippen LogP contribution < -0.4 is 10.6 Å². The van der Waals surface area contributed by atoms with Crippen molar-refractivity contribution in [1.29, 1.82) is 0 Å². The van der Waals surface area contributed by atoms with Crippen LogP contribution in [0, 0.1) is 11.8 Å². The smallest absolute Gasteiger partial charge is 0.318 e. The number of aromatic nitrogens is 4. The van der Waals surface area contributed by atoms with Gasteiger partial charge in [0.05, 0.1) is 36.2 Å². The van der Waals surface area contributed by atoms with Crippen LogP contribution in [0.2, 0.25) is 0 Å². The summed E-state index contributed by atoms with van der Waals surface area (Å²) in [5.41, 5.74) is 5.33. The number of rotatable bonds is 10. The van der Waals surface area contributed by atoms with Crippen LogP contribution in [0.25, 0.3) is 11.3 Å². The van der Waals surface area contributed by atoms with E-state index >= 15 is 0 Å². The number of H-pyrrole nitrogens is 2. The summed E-state index contributed by atoms with van der Waals surface area (Å²) in [5, 5.41) is 6.44. The Hall–Kier alpha value is -6.47. The van der Waals surface area contributed by atoms with Crippen molar-refractivity contribution in [3.8, 4) is 23.1 Å². The third-order valence-corrected chi connectivity index (χ3v) is 13.4. The van der Waals surface area contributed by atoms with Crippen molar-refractivity contribution in [2.75, 3.05) is 86.1 Å². The Kier molecular flexibility index (Phi) is 13.6. The van der Waals surface area contributed by atoms with Gasteiger partial charge in [-0.15, -0.1) is 0 Å². The van der Waals surface area contributed by atoms with Gasteiger partial charge in [-0.2, -0.15) is 0 Å². The summed E-state index contributed by atoms with van der Waals surface area (Å²) >= 11 is 0. The fourth-order valence-electron chi connectivity index (χ4n) is 9.49. The number of imidazole rings is 2. The summed E-state index contributed by atoms with van der Waals surface area (Å²) in [5.74, 6) is 7.98. The quantitative estimate of drug-likeness (QED) is 0.136. The van der Waals surface area contributed by atoms with E-state index in [1.165, 1.54) is 0 Å². The van der Waals surface area contributed by atoms with Crippen LogP contribution in [0.15, 0.2) is 97.3 Å². The second kappa shape index (κ2) is 20.1. The second-order valence-corrected chi connectivity index (χ2v) is 17.8. The normalized spacial score (nSPS) is 20.6. The highest BCUT2D eigenvalue weighted by atomic mass is 16.2. The molecule has 4 fully saturated rings. The van der Waals surface area contributed by atoms with Crippen molar-refractivity contribution in [1.82, 2.24) is 60.0 Å². The van der Waals surface area contributed by atoms with E-state index in [4.69, 9.17) is 4.98 Å². The summed E-state index contributed by atoms with van der Waals surface area (Å²) < 4.78 is 0. The van der Waals surface area contributed by atoms with Crippen molar-refractivity contribution >= 4 is 18.0 Å². The van der Waals surface area contributed by atoms with Crippen LogP contribution in [0.1, 0.15) is 83.9 Å². The lowest BCUT2D eigenvalue weighted by atomic mass is 10.0. The number of carbonyl (C=O) groups excluding carboxylic acids is 3. The molecule has 0 saturated carbocycles. The minimum Gasteiger partial charge on any atom is -0.341 e. The van der Waals surface area contributed by atoms with E-state index in [2.05, 4.69) is 83.4 Å². The molecule has 4 unspecified atom stereocenters. The molecule has 4 aliphatic rings. The predicted octanol–water partition coefficient (Wildman–Crippen LogP) is 5.40. The zero-order valence-corrected chi connectivity index (χ0v) is 37.5. The van der Waals surface area contributed by atoms with Gasteiger partial charge in [0.2, 0.25) is 5.91 Å². The van der Waals surface area contributed by atoms with Gasteiger partial charge in [-0.1, -0.05) is 78.7 Å². The average Bonchev–Trinajstić information content (AvgIpc) is 4.19. The summed E-state index contributed by atoms with van der Waals surface area (Å²) in [7, 11) is 4.15. The number of nitrogens with zero attached hydrogens (tertiary/aromatic N) is 8. The van der Waals surface area contributed by atoms with E-state index in [9.17, 15) is 14.4 Å². The first-order chi connectivity index (χ1) is 31.8. The van der Waals surface area contributed by atoms with Gasteiger partial charge in [-0.3, -0.25) is 9.69 Å². The van der Waals surface area contributed by atoms with E-state index in [0.717, 1.165) is 105 Å². The Morgan fingerprint density at radius 1 is 0.646 bits per heavy atom. The predicted molar refractivity (Wildman–Crippen MR) is 249 cm³/mol. The molecular formula is C50H60N12O3.